The second-order valence-electron chi connectivity index (χ2n) is 8.09. The summed E-state index contributed by atoms with van der Waals surface area (Å²) >= 11 is 0. The van der Waals surface area contributed by atoms with Crippen LogP contribution < -0.4 is 15.5 Å². The van der Waals surface area contributed by atoms with Gasteiger partial charge in [0.25, 0.3) is 0 Å². The van der Waals surface area contributed by atoms with Crippen molar-refractivity contribution in [2.45, 2.75) is 37.0 Å². The van der Waals surface area contributed by atoms with Crippen molar-refractivity contribution >= 4 is 33.3 Å². The molecule has 2 aliphatic heterocycles. The predicted molar refractivity (Wildman–Crippen MR) is 123 cm³/mol. The summed E-state index contributed by atoms with van der Waals surface area (Å²) in [6, 6.07) is 13.9. The lowest BCUT2D eigenvalue weighted by molar-refractivity contribution is -0.116. The van der Waals surface area contributed by atoms with Crippen LogP contribution in [0.15, 0.2) is 53.4 Å². The van der Waals surface area contributed by atoms with Crippen LogP contribution in [0.25, 0.3) is 0 Å². The van der Waals surface area contributed by atoms with Gasteiger partial charge in [-0.15, -0.1) is 0 Å². The fourth-order valence-corrected chi connectivity index (χ4v) is 5.52. The first-order chi connectivity index (χ1) is 15.4. The molecule has 0 aromatic heterocycles. The minimum Gasteiger partial charge on any atom is -0.336 e. The summed E-state index contributed by atoms with van der Waals surface area (Å²) in [5.41, 5.74) is 2.37. The molecule has 0 aliphatic carbocycles. The minimum atomic E-state index is -3.44. The monoisotopic (exact) mass is 456 g/mol. The normalized spacial score (nSPS) is 17.2. The van der Waals surface area contributed by atoms with Crippen LogP contribution >= 0.6 is 0 Å². The molecule has 0 saturated carbocycles. The summed E-state index contributed by atoms with van der Waals surface area (Å²) in [7, 11) is -3.44. The van der Waals surface area contributed by atoms with E-state index in [1.807, 2.05) is 12.1 Å². The molecule has 2 saturated heterocycles. The Morgan fingerprint density at radius 1 is 0.938 bits per heavy atom. The Kier molecular flexibility index (Phi) is 6.76. The predicted octanol–water partition coefficient (Wildman–Crippen LogP) is 2.96. The summed E-state index contributed by atoms with van der Waals surface area (Å²) in [5, 5.41) is 5.62. The lowest BCUT2D eigenvalue weighted by Crippen LogP contribution is -2.35. The van der Waals surface area contributed by atoms with Crippen molar-refractivity contribution in [3.05, 3.63) is 54.1 Å². The molecule has 0 unspecified atom stereocenters. The summed E-state index contributed by atoms with van der Waals surface area (Å²) in [6.07, 6.45) is 3.69. The van der Waals surface area contributed by atoms with Gasteiger partial charge >= 0.3 is 6.03 Å². The van der Waals surface area contributed by atoms with Crippen molar-refractivity contribution in [2.75, 3.05) is 36.4 Å². The highest BCUT2D eigenvalue weighted by Gasteiger charge is 2.25. The Morgan fingerprint density at radius 2 is 1.62 bits per heavy atom. The van der Waals surface area contributed by atoms with Gasteiger partial charge in [-0.25, -0.2) is 13.2 Å². The van der Waals surface area contributed by atoms with Crippen molar-refractivity contribution < 1.29 is 18.0 Å². The third kappa shape index (κ3) is 5.11. The van der Waals surface area contributed by atoms with Crippen LogP contribution in [0, 0.1) is 0 Å². The number of urea groups is 1. The van der Waals surface area contributed by atoms with Crippen LogP contribution in [0.2, 0.25) is 0 Å². The number of aryl methyl sites for hydroxylation is 1. The molecule has 2 N–H and O–H groups in total. The van der Waals surface area contributed by atoms with E-state index in [9.17, 15) is 18.0 Å². The van der Waals surface area contributed by atoms with Crippen molar-refractivity contribution in [1.82, 2.24) is 9.62 Å². The number of piperidine rings is 1. The van der Waals surface area contributed by atoms with E-state index >= 15 is 0 Å². The van der Waals surface area contributed by atoms with E-state index in [2.05, 4.69) is 10.6 Å². The standard InChI is InChI=1S/C23H28N4O4S/c28-22(25-19-7-9-20(10-8-19)27-17-14-24-23(27)29)13-6-18-4-11-21(12-5-18)32(30,31)26-15-2-1-3-16-26/h4-5,7-12H,1-3,6,13-17H2,(H,24,29)(H,25,28). The fourth-order valence-electron chi connectivity index (χ4n) is 4.01. The highest BCUT2D eigenvalue weighted by molar-refractivity contribution is 7.89. The SMILES string of the molecule is O=C(CCc1ccc(S(=O)(=O)N2CCCCC2)cc1)Nc1ccc(N2CCNC2=O)cc1. The van der Waals surface area contributed by atoms with Gasteiger partial charge in [-0.05, 0) is 61.2 Å². The maximum absolute atomic E-state index is 12.7. The third-order valence-electron chi connectivity index (χ3n) is 5.84. The average Bonchev–Trinajstić information content (AvgIpc) is 3.25. The molecule has 0 spiro atoms. The first kappa shape index (κ1) is 22.3. The van der Waals surface area contributed by atoms with Gasteiger partial charge in [0.15, 0.2) is 0 Å². The number of nitrogens with zero attached hydrogens (tertiary/aromatic N) is 2. The van der Waals surface area contributed by atoms with Crippen molar-refractivity contribution in [1.29, 1.82) is 0 Å². The molecular formula is C23H28N4O4S. The Morgan fingerprint density at radius 3 is 2.25 bits per heavy atom. The average molecular weight is 457 g/mol. The molecule has 9 heteroatoms. The van der Waals surface area contributed by atoms with E-state index in [1.165, 1.54) is 0 Å². The Balaban J connectivity index is 1.29. The Bertz CT molecular complexity index is 1060. The molecule has 2 aromatic rings. The first-order valence-corrected chi connectivity index (χ1v) is 12.4. The van der Waals surface area contributed by atoms with Gasteiger partial charge in [-0.1, -0.05) is 18.6 Å². The number of carbonyl (C=O) groups excluding carboxylic acids is 2. The lowest BCUT2D eigenvalue weighted by Gasteiger charge is -2.25. The van der Waals surface area contributed by atoms with Gasteiger partial charge in [-0.2, -0.15) is 4.31 Å². The topological polar surface area (TPSA) is 98.8 Å². The maximum Gasteiger partial charge on any atom is 0.321 e. The van der Waals surface area contributed by atoms with E-state index in [0.717, 1.165) is 30.5 Å². The number of carbonyl (C=O) groups is 2. The molecule has 2 aliphatic rings. The van der Waals surface area contributed by atoms with Crippen molar-refractivity contribution in [3.63, 3.8) is 0 Å². The summed E-state index contributed by atoms with van der Waals surface area (Å²) in [4.78, 5) is 26.0. The van der Waals surface area contributed by atoms with E-state index in [0.29, 0.717) is 43.2 Å². The highest BCUT2D eigenvalue weighted by atomic mass is 32.2. The number of anilines is 2. The molecule has 4 rings (SSSR count). The van der Waals surface area contributed by atoms with Crippen LogP contribution in [0.3, 0.4) is 0 Å². The summed E-state index contributed by atoms with van der Waals surface area (Å²) in [5.74, 6) is -0.123. The maximum atomic E-state index is 12.7. The van der Waals surface area contributed by atoms with E-state index < -0.39 is 10.0 Å². The second-order valence-corrected chi connectivity index (χ2v) is 10.0. The molecule has 2 fully saturated rings. The quantitative estimate of drug-likeness (QED) is 0.669. The first-order valence-electron chi connectivity index (χ1n) is 11.0. The number of benzene rings is 2. The van der Waals surface area contributed by atoms with Crippen LogP contribution in [0.4, 0.5) is 16.2 Å². The van der Waals surface area contributed by atoms with Crippen LogP contribution in [0.5, 0.6) is 0 Å². The molecule has 0 atom stereocenters. The summed E-state index contributed by atoms with van der Waals surface area (Å²) < 4.78 is 27.0. The second kappa shape index (κ2) is 9.70. The van der Waals surface area contributed by atoms with Gasteiger partial charge in [0.2, 0.25) is 15.9 Å². The lowest BCUT2D eigenvalue weighted by atomic mass is 10.1. The van der Waals surface area contributed by atoms with Crippen LogP contribution in [-0.2, 0) is 21.2 Å². The van der Waals surface area contributed by atoms with Crippen molar-refractivity contribution in [2.24, 2.45) is 0 Å². The molecule has 170 valence electrons. The van der Waals surface area contributed by atoms with Crippen LogP contribution in [-0.4, -0.2) is 50.8 Å². The van der Waals surface area contributed by atoms with Crippen molar-refractivity contribution in [3.8, 4) is 0 Å². The van der Waals surface area contributed by atoms with Crippen LogP contribution in [0.1, 0.15) is 31.2 Å². The van der Waals surface area contributed by atoms with Gasteiger partial charge < -0.3 is 10.6 Å². The number of hydrogen-bond acceptors (Lipinski definition) is 4. The Labute approximate surface area is 188 Å². The third-order valence-corrected chi connectivity index (χ3v) is 7.75. The molecule has 8 nitrogen and oxygen atoms in total. The zero-order chi connectivity index (χ0) is 22.6. The highest BCUT2D eigenvalue weighted by Crippen LogP contribution is 2.22. The largest absolute Gasteiger partial charge is 0.336 e. The Hall–Kier alpha value is -2.91. The van der Waals surface area contributed by atoms with Gasteiger partial charge in [-0.3, -0.25) is 9.69 Å². The summed E-state index contributed by atoms with van der Waals surface area (Å²) in [6.45, 7) is 2.41. The number of amides is 3. The van der Waals surface area contributed by atoms with E-state index in [4.69, 9.17) is 0 Å². The van der Waals surface area contributed by atoms with Gasteiger partial charge in [0, 0.05) is 44.0 Å². The molecule has 0 radical (unpaired) electrons. The molecule has 0 bridgehead atoms. The number of sulfonamides is 1. The molecular weight excluding hydrogens is 428 g/mol. The number of hydrogen-bond donors (Lipinski definition) is 2. The number of rotatable bonds is 7. The van der Waals surface area contributed by atoms with Gasteiger partial charge in [0.1, 0.15) is 0 Å². The van der Waals surface area contributed by atoms with E-state index in [-0.39, 0.29) is 18.4 Å². The molecule has 2 heterocycles. The van der Waals surface area contributed by atoms with Gasteiger partial charge in [0.05, 0.1) is 4.90 Å². The number of nitrogens with one attached hydrogen (secondary N) is 2. The van der Waals surface area contributed by atoms with E-state index in [1.54, 1.807) is 45.6 Å². The zero-order valence-electron chi connectivity index (χ0n) is 17.9. The fraction of sp³-hybridized carbons (Fsp3) is 0.391. The smallest absolute Gasteiger partial charge is 0.321 e. The molecule has 2 aromatic carbocycles. The minimum absolute atomic E-state index is 0.114. The molecule has 32 heavy (non-hydrogen) atoms. The zero-order valence-corrected chi connectivity index (χ0v) is 18.7. The molecule has 3 amide bonds.